The molecule has 3 rings (SSSR count). The summed E-state index contributed by atoms with van der Waals surface area (Å²) < 4.78 is 11.5. The highest BCUT2D eigenvalue weighted by molar-refractivity contribution is 14.0. The van der Waals surface area contributed by atoms with Crippen molar-refractivity contribution in [1.82, 2.24) is 15.5 Å². The number of guanidine groups is 1. The molecule has 0 bridgehead atoms. The molecule has 6 nitrogen and oxygen atoms in total. The molecule has 2 heterocycles. The third kappa shape index (κ3) is 7.29. The zero-order chi connectivity index (χ0) is 19.7. The van der Waals surface area contributed by atoms with Crippen LogP contribution in [0, 0.1) is 6.92 Å². The molecule has 2 aliphatic heterocycles. The molecular formula is C22H37IN4O2. The number of benzene rings is 1. The van der Waals surface area contributed by atoms with Crippen LogP contribution in [-0.4, -0.2) is 68.9 Å². The minimum Gasteiger partial charge on any atom is -0.492 e. The molecule has 1 aromatic carbocycles. The van der Waals surface area contributed by atoms with Gasteiger partial charge in [0.1, 0.15) is 12.4 Å². The molecule has 0 unspecified atom stereocenters. The number of likely N-dealkylation sites (tertiary alicyclic amines) is 1. The summed E-state index contributed by atoms with van der Waals surface area (Å²) in [5.74, 6) is 1.78. The zero-order valence-electron chi connectivity index (χ0n) is 17.9. The van der Waals surface area contributed by atoms with Gasteiger partial charge in [-0.05, 0) is 64.8 Å². The largest absolute Gasteiger partial charge is 0.492 e. The lowest BCUT2D eigenvalue weighted by molar-refractivity contribution is -0.0139. The summed E-state index contributed by atoms with van der Waals surface area (Å²) >= 11 is 0. The maximum absolute atomic E-state index is 5.82. The Bertz CT molecular complexity index is 612. The number of nitrogens with zero attached hydrogens (tertiary/aromatic N) is 2. The predicted molar refractivity (Wildman–Crippen MR) is 130 cm³/mol. The number of rotatable bonds is 8. The molecule has 29 heavy (non-hydrogen) atoms. The highest BCUT2D eigenvalue weighted by atomic mass is 127. The van der Waals surface area contributed by atoms with Gasteiger partial charge < -0.3 is 20.1 Å². The lowest BCUT2D eigenvalue weighted by Gasteiger charge is -2.43. The fourth-order valence-corrected chi connectivity index (χ4v) is 4.06. The van der Waals surface area contributed by atoms with Crippen molar-refractivity contribution in [2.24, 2.45) is 4.99 Å². The normalized spacial score (nSPS) is 19.4. The molecule has 0 aliphatic carbocycles. The van der Waals surface area contributed by atoms with Crippen molar-refractivity contribution < 1.29 is 9.47 Å². The molecular weight excluding hydrogens is 479 g/mol. The third-order valence-electron chi connectivity index (χ3n) is 5.76. The minimum absolute atomic E-state index is 0. The van der Waals surface area contributed by atoms with E-state index in [0.29, 0.717) is 6.61 Å². The van der Waals surface area contributed by atoms with E-state index < -0.39 is 0 Å². The van der Waals surface area contributed by atoms with Crippen LogP contribution in [0.5, 0.6) is 5.75 Å². The van der Waals surface area contributed by atoms with Gasteiger partial charge >= 0.3 is 0 Å². The maximum Gasteiger partial charge on any atom is 0.191 e. The van der Waals surface area contributed by atoms with Gasteiger partial charge in [0.25, 0.3) is 0 Å². The topological polar surface area (TPSA) is 58.1 Å². The Labute approximate surface area is 192 Å². The van der Waals surface area contributed by atoms with Crippen molar-refractivity contribution in [3.05, 3.63) is 29.8 Å². The second-order valence-corrected chi connectivity index (χ2v) is 7.81. The first-order valence-electron chi connectivity index (χ1n) is 10.8. The minimum atomic E-state index is 0. The Balaban J connectivity index is 0.00000300. The van der Waals surface area contributed by atoms with E-state index in [4.69, 9.17) is 14.5 Å². The van der Waals surface area contributed by atoms with Gasteiger partial charge in [0.2, 0.25) is 0 Å². The van der Waals surface area contributed by atoms with Crippen LogP contribution in [0.2, 0.25) is 0 Å². The van der Waals surface area contributed by atoms with E-state index in [0.717, 1.165) is 57.4 Å². The highest BCUT2D eigenvalue weighted by Gasteiger charge is 2.39. The summed E-state index contributed by atoms with van der Waals surface area (Å²) in [4.78, 5) is 7.61. The van der Waals surface area contributed by atoms with Crippen LogP contribution in [0.15, 0.2) is 29.3 Å². The molecule has 0 aromatic heterocycles. The summed E-state index contributed by atoms with van der Waals surface area (Å²) in [7, 11) is 0. The van der Waals surface area contributed by atoms with Crippen LogP contribution in [-0.2, 0) is 4.74 Å². The maximum atomic E-state index is 5.82. The van der Waals surface area contributed by atoms with Crippen LogP contribution < -0.4 is 15.4 Å². The van der Waals surface area contributed by atoms with Crippen molar-refractivity contribution in [1.29, 1.82) is 0 Å². The summed E-state index contributed by atoms with van der Waals surface area (Å²) in [6.07, 6.45) is 4.76. The van der Waals surface area contributed by atoms with Crippen LogP contribution >= 0.6 is 24.0 Å². The average Bonchev–Trinajstić information content (AvgIpc) is 3.27. The molecule has 0 saturated carbocycles. The van der Waals surface area contributed by atoms with Crippen molar-refractivity contribution in [3.63, 3.8) is 0 Å². The smallest absolute Gasteiger partial charge is 0.191 e. The molecule has 0 radical (unpaired) electrons. The number of nitrogens with one attached hydrogen (secondary N) is 2. The van der Waals surface area contributed by atoms with Crippen molar-refractivity contribution in [2.45, 2.75) is 45.1 Å². The van der Waals surface area contributed by atoms with Gasteiger partial charge in [0, 0.05) is 25.3 Å². The molecule has 2 N–H and O–H groups in total. The predicted octanol–water partition coefficient (Wildman–Crippen LogP) is 3.19. The fraction of sp³-hybridized carbons (Fsp3) is 0.682. The quantitative estimate of drug-likeness (QED) is 0.241. The van der Waals surface area contributed by atoms with Crippen molar-refractivity contribution >= 4 is 29.9 Å². The molecule has 1 aromatic rings. The summed E-state index contributed by atoms with van der Waals surface area (Å²) in [6.45, 7) is 11.3. The highest BCUT2D eigenvalue weighted by Crippen LogP contribution is 2.31. The number of aliphatic imine (C=N–C) groups is 1. The van der Waals surface area contributed by atoms with E-state index in [2.05, 4.69) is 41.5 Å². The van der Waals surface area contributed by atoms with E-state index in [1.165, 1.54) is 31.5 Å². The van der Waals surface area contributed by atoms with Gasteiger partial charge in [0.15, 0.2) is 5.96 Å². The van der Waals surface area contributed by atoms with Crippen molar-refractivity contribution in [2.75, 3.05) is 52.5 Å². The van der Waals surface area contributed by atoms with Gasteiger partial charge in [-0.15, -0.1) is 24.0 Å². The lowest BCUT2D eigenvalue weighted by atomic mass is 9.88. The van der Waals surface area contributed by atoms with E-state index >= 15 is 0 Å². The number of hydrogen-bond acceptors (Lipinski definition) is 4. The summed E-state index contributed by atoms with van der Waals surface area (Å²) in [5, 5.41) is 6.78. The summed E-state index contributed by atoms with van der Waals surface area (Å²) in [5.41, 5.74) is 1.40. The second-order valence-electron chi connectivity index (χ2n) is 7.81. The van der Waals surface area contributed by atoms with Gasteiger partial charge in [-0.1, -0.05) is 17.7 Å². The Morgan fingerprint density at radius 3 is 2.48 bits per heavy atom. The molecule has 0 atom stereocenters. The number of halogens is 1. The van der Waals surface area contributed by atoms with Crippen molar-refractivity contribution in [3.8, 4) is 5.75 Å². The monoisotopic (exact) mass is 516 g/mol. The molecule has 2 aliphatic rings. The van der Waals surface area contributed by atoms with E-state index in [-0.39, 0.29) is 29.5 Å². The number of ether oxygens (including phenoxy) is 2. The Hall–Kier alpha value is -1.06. The van der Waals surface area contributed by atoms with Gasteiger partial charge in [-0.2, -0.15) is 0 Å². The van der Waals surface area contributed by atoms with E-state index in [9.17, 15) is 0 Å². The van der Waals surface area contributed by atoms with Crippen LogP contribution in [0.25, 0.3) is 0 Å². The zero-order valence-corrected chi connectivity index (χ0v) is 20.2. The molecule has 2 fully saturated rings. The molecule has 0 amide bonds. The Morgan fingerprint density at radius 2 is 1.83 bits per heavy atom. The van der Waals surface area contributed by atoms with E-state index in [1.807, 2.05) is 12.1 Å². The van der Waals surface area contributed by atoms with Gasteiger partial charge in [-0.3, -0.25) is 9.89 Å². The van der Waals surface area contributed by atoms with Gasteiger partial charge in [-0.25, -0.2) is 0 Å². The molecule has 164 valence electrons. The van der Waals surface area contributed by atoms with Crippen LogP contribution in [0.1, 0.15) is 38.2 Å². The lowest BCUT2D eigenvalue weighted by Crippen LogP contribution is -2.54. The molecule has 2 saturated heterocycles. The first-order valence-corrected chi connectivity index (χ1v) is 10.8. The summed E-state index contributed by atoms with van der Waals surface area (Å²) in [6, 6.07) is 8.17. The Kier molecular flexibility index (Phi) is 10.5. The molecule has 7 heteroatoms. The van der Waals surface area contributed by atoms with Crippen LogP contribution in [0.4, 0.5) is 0 Å². The Morgan fingerprint density at radius 1 is 1.14 bits per heavy atom. The van der Waals surface area contributed by atoms with Crippen LogP contribution in [0.3, 0.4) is 0 Å². The third-order valence-corrected chi connectivity index (χ3v) is 5.76. The average molecular weight is 516 g/mol. The second kappa shape index (κ2) is 12.6. The van der Waals surface area contributed by atoms with E-state index in [1.54, 1.807) is 0 Å². The molecule has 0 spiro atoms. The first-order chi connectivity index (χ1) is 13.7. The standard InChI is InChI=1S/C22H36N4O2.HI/c1-3-23-21(24-12-17-28-20-8-6-19(2)7-9-20)25-18-22(10-15-27-16-11-22)26-13-4-5-14-26;/h6-9H,3-5,10-18H2,1-2H3,(H2,23,24,25);1H. The number of hydrogen-bond donors (Lipinski definition) is 2. The van der Waals surface area contributed by atoms with Gasteiger partial charge in [0.05, 0.1) is 13.1 Å². The fourth-order valence-electron chi connectivity index (χ4n) is 4.06. The SMILES string of the molecule is CCNC(=NCC1(N2CCCC2)CCOCC1)NCCOc1ccc(C)cc1.I. The first kappa shape index (κ1) is 24.2. The number of aryl methyl sites for hydroxylation is 1.